The molecule has 0 saturated heterocycles. The molecule has 0 saturated carbocycles. The molecule has 106 valence electrons. The van der Waals surface area contributed by atoms with Crippen LogP contribution in [0, 0.1) is 0 Å². The molecule has 20 heavy (non-hydrogen) atoms. The molecule has 2 aromatic rings. The fourth-order valence-corrected chi connectivity index (χ4v) is 3.15. The maximum atomic E-state index is 12.1. The van der Waals surface area contributed by atoms with Crippen LogP contribution < -0.4 is 15.8 Å². The van der Waals surface area contributed by atoms with E-state index in [-0.39, 0.29) is 5.91 Å². The molecule has 6 heteroatoms. The van der Waals surface area contributed by atoms with E-state index in [1.807, 2.05) is 18.4 Å². The molecule has 1 aromatic heterocycles. The summed E-state index contributed by atoms with van der Waals surface area (Å²) in [6, 6.07) is 7.00. The molecule has 0 unspecified atom stereocenters. The molecule has 0 aliphatic carbocycles. The fraction of sp³-hybridized carbons (Fsp3) is 0.214. The van der Waals surface area contributed by atoms with Crippen molar-refractivity contribution in [3.8, 4) is 5.75 Å². The molecule has 1 amide bonds. The Labute approximate surface area is 130 Å². The molecule has 0 aliphatic rings. The van der Waals surface area contributed by atoms with Gasteiger partial charge in [-0.1, -0.05) is 0 Å². The van der Waals surface area contributed by atoms with Crippen molar-refractivity contribution in [1.29, 1.82) is 0 Å². The molecule has 0 radical (unpaired) electrons. The minimum absolute atomic E-state index is 0.168. The molecule has 4 nitrogen and oxygen atoms in total. The third-order valence-electron chi connectivity index (χ3n) is 2.60. The molecule has 2 rings (SSSR count). The van der Waals surface area contributed by atoms with Gasteiger partial charge in [-0.2, -0.15) is 0 Å². The van der Waals surface area contributed by atoms with Gasteiger partial charge in [0.1, 0.15) is 5.75 Å². The average molecular weight is 355 g/mol. The Kier molecular flexibility index (Phi) is 5.03. The number of nitrogens with two attached hydrogens (primary N) is 1. The Balaban J connectivity index is 2.07. The quantitative estimate of drug-likeness (QED) is 0.808. The van der Waals surface area contributed by atoms with Crippen molar-refractivity contribution in [3.63, 3.8) is 0 Å². The zero-order valence-corrected chi connectivity index (χ0v) is 13.4. The molecular formula is C14H15BrN2O2S. The highest BCUT2D eigenvalue weighted by Gasteiger charge is 2.10. The number of anilines is 1. The number of rotatable bonds is 5. The predicted octanol–water partition coefficient (Wildman–Crippen LogP) is 3.42. The fourth-order valence-electron chi connectivity index (χ4n) is 1.72. The summed E-state index contributed by atoms with van der Waals surface area (Å²) in [7, 11) is 0. The van der Waals surface area contributed by atoms with Crippen LogP contribution in [-0.2, 0) is 6.54 Å². The summed E-state index contributed by atoms with van der Waals surface area (Å²) in [6.45, 7) is 2.90. The second-order valence-electron chi connectivity index (χ2n) is 4.10. The highest BCUT2D eigenvalue weighted by Crippen LogP contribution is 2.23. The van der Waals surface area contributed by atoms with E-state index in [0.717, 1.165) is 9.35 Å². The van der Waals surface area contributed by atoms with E-state index in [0.29, 0.717) is 30.2 Å². The Morgan fingerprint density at radius 2 is 2.25 bits per heavy atom. The van der Waals surface area contributed by atoms with Gasteiger partial charge in [-0.15, -0.1) is 11.3 Å². The summed E-state index contributed by atoms with van der Waals surface area (Å²) in [5.74, 6) is 0.438. The van der Waals surface area contributed by atoms with Gasteiger partial charge < -0.3 is 15.8 Å². The maximum absolute atomic E-state index is 12.1. The molecular weight excluding hydrogens is 340 g/mol. The Morgan fingerprint density at radius 3 is 2.90 bits per heavy atom. The average Bonchev–Trinajstić information content (AvgIpc) is 2.81. The molecule has 0 spiro atoms. The van der Waals surface area contributed by atoms with Gasteiger partial charge in [0.05, 0.1) is 13.2 Å². The molecule has 1 heterocycles. The van der Waals surface area contributed by atoms with Gasteiger partial charge in [-0.3, -0.25) is 4.79 Å². The number of carbonyl (C=O) groups is 1. The minimum Gasteiger partial charge on any atom is -0.494 e. The van der Waals surface area contributed by atoms with Gasteiger partial charge in [0.15, 0.2) is 0 Å². The smallest absolute Gasteiger partial charge is 0.251 e. The number of hydrogen-bond acceptors (Lipinski definition) is 4. The molecule has 0 fully saturated rings. The Bertz CT molecular complexity index is 613. The van der Waals surface area contributed by atoms with Gasteiger partial charge in [-0.05, 0) is 46.4 Å². The predicted molar refractivity (Wildman–Crippen MR) is 85.2 cm³/mol. The van der Waals surface area contributed by atoms with E-state index in [4.69, 9.17) is 10.5 Å². The second kappa shape index (κ2) is 6.76. The first-order chi connectivity index (χ1) is 9.60. The van der Waals surface area contributed by atoms with Gasteiger partial charge in [0.2, 0.25) is 0 Å². The van der Waals surface area contributed by atoms with Crippen molar-refractivity contribution in [2.24, 2.45) is 0 Å². The number of halogens is 1. The van der Waals surface area contributed by atoms with Crippen LogP contribution in [0.3, 0.4) is 0 Å². The Hall–Kier alpha value is -1.53. The lowest BCUT2D eigenvalue weighted by atomic mass is 10.1. The number of hydrogen-bond donors (Lipinski definition) is 2. The number of thiophene rings is 1. The van der Waals surface area contributed by atoms with Gasteiger partial charge in [0.25, 0.3) is 5.91 Å². The summed E-state index contributed by atoms with van der Waals surface area (Å²) in [4.78, 5) is 13.2. The van der Waals surface area contributed by atoms with Crippen LogP contribution in [0.1, 0.15) is 22.2 Å². The third-order valence-corrected chi connectivity index (χ3v) is 4.53. The number of amides is 1. The molecule has 3 N–H and O–H groups in total. The van der Waals surface area contributed by atoms with Crippen LogP contribution in [0.5, 0.6) is 5.75 Å². The van der Waals surface area contributed by atoms with Crippen LogP contribution in [0.2, 0.25) is 0 Å². The van der Waals surface area contributed by atoms with Crippen LogP contribution in [0.25, 0.3) is 0 Å². The van der Waals surface area contributed by atoms with E-state index in [1.54, 1.807) is 29.5 Å². The van der Waals surface area contributed by atoms with Crippen LogP contribution in [-0.4, -0.2) is 12.5 Å². The van der Waals surface area contributed by atoms with Crippen LogP contribution in [0.15, 0.2) is 34.1 Å². The van der Waals surface area contributed by atoms with Crippen molar-refractivity contribution in [2.75, 3.05) is 12.3 Å². The summed E-state index contributed by atoms with van der Waals surface area (Å²) in [5.41, 5.74) is 6.79. The van der Waals surface area contributed by atoms with Gasteiger partial charge in [-0.25, -0.2) is 0 Å². The number of carbonyl (C=O) groups excluding carboxylic acids is 1. The lowest BCUT2D eigenvalue weighted by Crippen LogP contribution is -2.22. The highest BCUT2D eigenvalue weighted by atomic mass is 79.9. The van der Waals surface area contributed by atoms with E-state index in [9.17, 15) is 4.79 Å². The lowest BCUT2D eigenvalue weighted by Gasteiger charge is -2.08. The van der Waals surface area contributed by atoms with Crippen molar-refractivity contribution in [3.05, 3.63) is 44.6 Å². The number of nitrogen functional groups attached to an aromatic ring is 1. The Morgan fingerprint density at radius 1 is 1.45 bits per heavy atom. The van der Waals surface area contributed by atoms with E-state index < -0.39 is 0 Å². The third kappa shape index (κ3) is 3.74. The molecule has 0 atom stereocenters. The topological polar surface area (TPSA) is 64.3 Å². The van der Waals surface area contributed by atoms with Gasteiger partial charge in [0, 0.05) is 26.7 Å². The van der Waals surface area contributed by atoms with Crippen molar-refractivity contribution >= 4 is 38.9 Å². The van der Waals surface area contributed by atoms with Gasteiger partial charge >= 0.3 is 0 Å². The lowest BCUT2D eigenvalue weighted by molar-refractivity contribution is 0.0951. The first-order valence-corrected chi connectivity index (χ1v) is 7.81. The molecule has 0 bridgehead atoms. The van der Waals surface area contributed by atoms with E-state index in [2.05, 4.69) is 21.2 Å². The summed E-state index contributed by atoms with van der Waals surface area (Å²) in [5, 5.41) is 4.84. The van der Waals surface area contributed by atoms with Crippen LogP contribution in [0.4, 0.5) is 5.69 Å². The minimum atomic E-state index is -0.168. The standard InChI is InChI=1S/C14H15BrN2O2S/c1-2-19-11-6-9(5-10(16)7-11)14(18)17-8-13-12(15)3-4-20-13/h3-7H,2,8,16H2,1H3,(H,17,18). The zero-order chi connectivity index (χ0) is 14.5. The van der Waals surface area contributed by atoms with E-state index >= 15 is 0 Å². The normalized spacial score (nSPS) is 10.3. The first kappa shape index (κ1) is 14.9. The maximum Gasteiger partial charge on any atom is 0.251 e. The summed E-state index contributed by atoms with van der Waals surface area (Å²) >= 11 is 5.03. The van der Waals surface area contributed by atoms with E-state index in [1.165, 1.54) is 0 Å². The number of nitrogens with one attached hydrogen (secondary N) is 1. The summed E-state index contributed by atoms with van der Waals surface area (Å²) < 4.78 is 6.39. The SMILES string of the molecule is CCOc1cc(N)cc(C(=O)NCc2sccc2Br)c1. The monoisotopic (exact) mass is 354 g/mol. The van der Waals surface area contributed by atoms with Crippen molar-refractivity contribution in [2.45, 2.75) is 13.5 Å². The molecule has 0 aliphatic heterocycles. The first-order valence-electron chi connectivity index (χ1n) is 6.13. The molecule has 1 aromatic carbocycles. The number of ether oxygens (including phenoxy) is 1. The van der Waals surface area contributed by atoms with Crippen molar-refractivity contribution < 1.29 is 9.53 Å². The van der Waals surface area contributed by atoms with Crippen molar-refractivity contribution in [1.82, 2.24) is 5.32 Å². The zero-order valence-electron chi connectivity index (χ0n) is 11.0. The second-order valence-corrected chi connectivity index (χ2v) is 5.95. The summed E-state index contributed by atoms with van der Waals surface area (Å²) in [6.07, 6.45) is 0. The highest BCUT2D eigenvalue weighted by molar-refractivity contribution is 9.10. The largest absolute Gasteiger partial charge is 0.494 e. The van der Waals surface area contributed by atoms with Crippen LogP contribution >= 0.6 is 27.3 Å². The number of benzene rings is 1.